The van der Waals surface area contributed by atoms with E-state index in [2.05, 4.69) is 0 Å². The molecule has 0 fully saturated rings. The number of hydrogen-bond donors (Lipinski definition) is 0. The predicted octanol–water partition coefficient (Wildman–Crippen LogP) is 4.35. The van der Waals surface area contributed by atoms with Gasteiger partial charge in [0.2, 0.25) is 0 Å². The normalized spacial score (nSPS) is 11.4. The van der Waals surface area contributed by atoms with Gasteiger partial charge in [0.25, 0.3) is 5.69 Å². The third kappa shape index (κ3) is 3.64. The van der Waals surface area contributed by atoms with Crippen molar-refractivity contribution >= 4 is 17.3 Å². The molecule has 22 heavy (non-hydrogen) atoms. The van der Waals surface area contributed by atoms with Crippen molar-refractivity contribution in [3.63, 3.8) is 0 Å². The fourth-order valence-electron chi connectivity index (χ4n) is 1.87. The first-order chi connectivity index (χ1) is 10.6. The smallest absolute Gasteiger partial charge is 0.258 e. The first-order valence-corrected chi connectivity index (χ1v) is 6.39. The lowest BCUT2D eigenvalue weighted by Crippen LogP contribution is -1.90. The number of para-hydroxylation sites is 1. The molecule has 2 aromatic carbocycles. The number of nitro groups is 1. The van der Waals surface area contributed by atoms with Crippen LogP contribution in [0.2, 0.25) is 0 Å². The van der Waals surface area contributed by atoms with Gasteiger partial charge in [-0.2, -0.15) is 5.26 Å². The predicted molar refractivity (Wildman–Crippen MR) is 82.1 cm³/mol. The number of nitriles is 1. The van der Waals surface area contributed by atoms with E-state index in [-0.39, 0.29) is 11.5 Å². The average molecular weight is 294 g/mol. The first kappa shape index (κ1) is 15.1. The highest BCUT2D eigenvalue weighted by Crippen LogP contribution is 2.20. The minimum atomic E-state index is -0.464. The Hall–Kier alpha value is -3.26. The second-order valence-corrected chi connectivity index (χ2v) is 4.37. The Balaban J connectivity index is 2.28. The highest BCUT2D eigenvalue weighted by atomic mass is 19.1. The number of halogens is 1. The standard InChI is InChI=1S/C17H11FN2O2/c18-16-10-8-13(9-11-16)15(12-19)6-3-5-14-4-1-2-7-17(14)20(21)22/h1-11H. The van der Waals surface area contributed by atoms with E-state index in [9.17, 15) is 14.5 Å². The lowest BCUT2D eigenvalue weighted by atomic mass is 10.1. The molecule has 108 valence electrons. The van der Waals surface area contributed by atoms with Crippen LogP contribution < -0.4 is 0 Å². The van der Waals surface area contributed by atoms with Crippen molar-refractivity contribution in [2.75, 3.05) is 0 Å². The molecule has 2 rings (SSSR count). The van der Waals surface area contributed by atoms with Gasteiger partial charge in [-0.05, 0) is 35.9 Å². The summed E-state index contributed by atoms with van der Waals surface area (Å²) in [7, 11) is 0. The number of benzene rings is 2. The van der Waals surface area contributed by atoms with E-state index in [1.807, 2.05) is 6.07 Å². The van der Waals surface area contributed by atoms with E-state index in [0.717, 1.165) is 0 Å². The molecule has 0 saturated heterocycles. The molecule has 0 spiro atoms. The van der Waals surface area contributed by atoms with Crippen molar-refractivity contribution in [2.24, 2.45) is 0 Å². The van der Waals surface area contributed by atoms with Crippen LogP contribution >= 0.6 is 0 Å². The highest BCUT2D eigenvalue weighted by molar-refractivity contribution is 5.79. The van der Waals surface area contributed by atoms with Crippen molar-refractivity contribution in [3.8, 4) is 6.07 Å². The molecule has 0 aliphatic rings. The van der Waals surface area contributed by atoms with E-state index in [4.69, 9.17) is 5.26 Å². The van der Waals surface area contributed by atoms with Gasteiger partial charge in [0, 0.05) is 6.07 Å². The molecule has 5 heteroatoms. The molecule has 0 aromatic heterocycles. The summed E-state index contributed by atoms with van der Waals surface area (Å²) in [5.41, 5.74) is 1.36. The van der Waals surface area contributed by atoms with Crippen LogP contribution in [0.25, 0.3) is 11.6 Å². The molecule has 0 saturated carbocycles. The van der Waals surface area contributed by atoms with Crippen LogP contribution in [0.1, 0.15) is 11.1 Å². The summed E-state index contributed by atoms with van der Waals surface area (Å²) in [6.07, 6.45) is 4.65. The fraction of sp³-hybridized carbons (Fsp3) is 0. The average Bonchev–Trinajstić information content (AvgIpc) is 2.53. The van der Waals surface area contributed by atoms with Gasteiger partial charge in [-0.3, -0.25) is 10.1 Å². The Bertz CT molecular complexity index is 787. The van der Waals surface area contributed by atoms with Crippen molar-refractivity contribution in [1.82, 2.24) is 0 Å². The van der Waals surface area contributed by atoms with Crippen LogP contribution in [0.15, 0.2) is 60.7 Å². The summed E-state index contributed by atoms with van der Waals surface area (Å²) >= 11 is 0. The van der Waals surface area contributed by atoms with Crippen molar-refractivity contribution < 1.29 is 9.31 Å². The number of nitro benzene ring substituents is 1. The maximum Gasteiger partial charge on any atom is 0.276 e. The van der Waals surface area contributed by atoms with E-state index >= 15 is 0 Å². The summed E-state index contributed by atoms with van der Waals surface area (Å²) in [4.78, 5) is 10.4. The lowest BCUT2D eigenvalue weighted by Gasteiger charge is -1.98. The minimum Gasteiger partial charge on any atom is -0.258 e. The summed E-state index contributed by atoms with van der Waals surface area (Å²) in [5.74, 6) is -0.378. The molecular formula is C17H11FN2O2. The van der Waals surface area contributed by atoms with Gasteiger partial charge in [0.15, 0.2) is 0 Å². The zero-order chi connectivity index (χ0) is 15.9. The Morgan fingerprint density at radius 1 is 1.18 bits per heavy atom. The number of hydrogen-bond acceptors (Lipinski definition) is 3. The van der Waals surface area contributed by atoms with Crippen molar-refractivity contribution in [3.05, 3.63) is 87.7 Å². The van der Waals surface area contributed by atoms with Crippen LogP contribution in [0.5, 0.6) is 0 Å². The quantitative estimate of drug-likeness (QED) is 0.364. The molecule has 0 unspecified atom stereocenters. The Labute approximate surface area is 126 Å². The van der Waals surface area contributed by atoms with Crippen LogP contribution in [0.4, 0.5) is 10.1 Å². The molecule has 0 radical (unpaired) electrons. The van der Waals surface area contributed by atoms with Crippen LogP contribution in [-0.2, 0) is 0 Å². The highest BCUT2D eigenvalue weighted by Gasteiger charge is 2.08. The first-order valence-electron chi connectivity index (χ1n) is 6.39. The SMILES string of the molecule is N#CC(=CC=Cc1ccccc1[N+](=O)[O-])c1ccc(F)cc1. The Kier molecular flexibility index (Phi) is 4.78. The van der Waals surface area contributed by atoms with Gasteiger partial charge in [0.1, 0.15) is 5.82 Å². The molecule has 0 aliphatic heterocycles. The van der Waals surface area contributed by atoms with Gasteiger partial charge in [-0.1, -0.05) is 30.3 Å². The van der Waals surface area contributed by atoms with Gasteiger partial charge in [0.05, 0.1) is 22.1 Å². The number of rotatable bonds is 4. The van der Waals surface area contributed by atoms with E-state index in [0.29, 0.717) is 16.7 Å². The molecule has 0 aliphatic carbocycles. The summed E-state index contributed by atoms with van der Waals surface area (Å²) < 4.78 is 12.9. The fourth-order valence-corrected chi connectivity index (χ4v) is 1.87. The number of nitrogens with zero attached hydrogens (tertiary/aromatic N) is 2. The maximum atomic E-state index is 12.9. The maximum absolute atomic E-state index is 12.9. The van der Waals surface area contributed by atoms with Crippen LogP contribution in [0, 0.1) is 27.3 Å². The molecule has 2 aromatic rings. The van der Waals surface area contributed by atoms with E-state index in [1.54, 1.807) is 30.4 Å². The lowest BCUT2D eigenvalue weighted by molar-refractivity contribution is -0.385. The molecule has 0 atom stereocenters. The second-order valence-electron chi connectivity index (χ2n) is 4.37. The van der Waals surface area contributed by atoms with E-state index in [1.165, 1.54) is 36.4 Å². The van der Waals surface area contributed by atoms with Crippen LogP contribution in [-0.4, -0.2) is 4.92 Å². The van der Waals surface area contributed by atoms with Gasteiger partial charge in [-0.15, -0.1) is 0 Å². The van der Waals surface area contributed by atoms with E-state index < -0.39 is 4.92 Å². The monoisotopic (exact) mass is 294 g/mol. The minimum absolute atomic E-state index is 0.00700. The zero-order valence-corrected chi connectivity index (χ0v) is 11.4. The molecule has 4 nitrogen and oxygen atoms in total. The largest absolute Gasteiger partial charge is 0.276 e. The number of allylic oxidation sites excluding steroid dienone is 3. The topological polar surface area (TPSA) is 66.9 Å². The zero-order valence-electron chi connectivity index (χ0n) is 11.4. The summed E-state index contributed by atoms with van der Waals surface area (Å²) in [6, 6.07) is 13.9. The van der Waals surface area contributed by atoms with Gasteiger partial charge < -0.3 is 0 Å². The molecular weight excluding hydrogens is 283 g/mol. The molecule has 0 bridgehead atoms. The van der Waals surface area contributed by atoms with Crippen molar-refractivity contribution in [2.45, 2.75) is 0 Å². The third-order valence-corrected chi connectivity index (χ3v) is 2.95. The molecule has 0 N–H and O–H groups in total. The molecule has 0 amide bonds. The summed E-state index contributed by atoms with van der Waals surface area (Å²) in [6.45, 7) is 0. The summed E-state index contributed by atoms with van der Waals surface area (Å²) in [5, 5.41) is 20.0. The molecule has 0 heterocycles. The Morgan fingerprint density at radius 3 is 2.50 bits per heavy atom. The van der Waals surface area contributed by atoms with Gasteiger partial charge in [-0.25, -0.2) is 4.39 Å². The van der Waals surface area contributed by atoms with Gasteiger partial charge >= 0.3 is 0 Å². The van der Waals surface area contributed by atoms with Crippen molar-refractivity contribution in [1.29, 1.82) is 5.26 Å². The second kappa shape index (κ2) is 6.95. The van der Waals surface area contributed by atoms with Crippen LogP contribution in [0.3, 0.4) is 0 Å². The third-order valence-electron chi connectivity index (χ3n) is 2.95. The Morgan fingerprint density at radius 2 is 1.86 bits per heavy atom.